The maximum atomic E-state index is 5.67. The summed E-state index contributed by atoms with van der Waals surface area (Å²) in [6.45, 7) is 0. The Hall–Kier alpha value is -6.57. The number of benzene rings is 8. The van der Waals surface area contributed by atoms with Crippen LogP contribution < -0.4 is 0 Å². The molecule has 4 fully saturated rings. The van der Waals surface area contributed by atoms with E-state index in [1.807, 2.05) is 34.0 Å². The highest BCUT2D eigenvalue weighted by Crippen LogP contribution is 2.70. The first-order chi connectivity index (χ1) is 33.1. The zero-order valence-corrected chi connectivity index (χ0v) is 38.9. The number of hydrogen-bond donors (Lipinski definition) is 0. The van der Waals surface area contributed by atoms with Crippen LogP contribution in [0.5, 0.6) is 0 Å². The summed E-state index contributed by atoms with van der Waals surface area (Å²) in [5, 5.41) is 7.67. The molecule has 8 aromatic carbocycles. The molecule has 1 spiro atoms. The summed E-state index contributed by atoms with van der Waals surface area (Å²) in [5.41, 5.74) is 11.4. The Labute approximate surface area is 399 Å². The van der Waals surface area contributed by atoms with Crippen LogP contribution in [0.1, 0.15) is 43.2 Å². The lowest BCUT2D eigenvalue weighted by molar-refractivity contribution is -0.0399. The number of rotatable bonds is 4. The van der Waals surface area contributed by atoms with Gasteiger partial charge in [0.15, 0.2) is 17.5 Å². The summed E-state index contributed by atoms with van der Waals surface area (Å²) in [6, 6.07) is 61.5. The van der Waals surface area contributed by atoms with Crippen molar-refractivity contribution in [3.05, 3.63) is 175 Å². The van der Waals surface area contributed by atoms with E-state index < -0.39 is 0 Å². The third kappa shape index (κ3) is 5.24. The highest BCUT2D eigenvalue weighted by atomic mass is 32.1. The quantitative estimate of drug-likeness (QED) is 0.177. The lowest BCUT2D eigenvalue weighted by atomic mass is 9.43. The van der Waals surface area contributed by atoms with E-state index in [-0.39, 0.29) is 5.41 Å². The van der Waals surface area contributed by atoms with E-state index in [4.69, 9.17) is 15.0 Å². The maximum absolute atomic E-state index is 5.67. The van der Waals surface area contributed by atoms with Crippen molar-refractivity contribution in [2.75, 3.05) is 0 Å². The van der Waals surface area contributed by atoms with E-state index in [0.29, 0.717) is 23.5 Å². The molecule has 0 unspecified atom stereocenters. The number of nitrogens with zero attached hydrogens (tertiary/aromatic N) is 3. The molecule has 4 aromatic heterocycles. The van der Waals surface area contributed by atoms with Gasteiger partial charge in [0, 0.05) is 82.6 Å². The lowest BCUT2D eigenvalue weighted by Gasteiger charge is -2.61. The highest BCUT2D eigenvalue weighted by molar-refractivity contribution is 7.26. The summed E-state index contributed by atoms with van der Waals surface area (Å²) in [4.78, 5) is 16.8. The van der Waals surface area contributed by atoms with Crippen molar-refractivity contribution >= 4 is 94.5 Å². The summed E-state index contributed by atoms with van der Waals surface area (Å²) in [5.74, 6) is 5.09. The molecule has 0 aliphatic heterocycles. The first-order valence-electron chi connectivity index (χ1n) is 23.9. The van der Waals surface area contributed by atoms with Gasteiger partial charge in [-0.2, -0.15) is 0 Å². The van der Waals surface area contributed by atoms with Crippen LogP contribution in [0.2, 0.25) is 0 Å². The van der Waals surface area contributed by atoms with Gasteiger partial charge in [0.25, 0.3) is 0 Å². The van der Waals surface area contributed by atoms with Gasteiger partial charge in [-0.15, -0.1) is 34.0 Å². The minimum absolute atomic E-state index is 0.0348. The van der Waals surface area contributed by atoms with Crippen molar-refractivity contribution in [1.29, 1.82) is 0 Å². The van der Waals surface area contributed by atoms with Crippen LogP contribution in [0.4, 0.5) is 0 Å². The molecule has 4 bridgehead atoms. The molecule has 318 valence electrons. The van der Waals surface area contributed by atoms with Crippen LogP contribution in [-0.4, -0.2) is 15.0 Å². The van der Waals surface area contributed by atoms with Crippen molar-refractivity contribution in [2.45, 2.75) is 37.5 Å². The average Bonchev–Trinajstić information content (AvgIpc) is 4.13. The molecule has 0 saturated heterocycles. The Bertz CT molecular complexity index is 3930. The predicted molar refractivity (Wildman–Crippen MR) is 283 cm³/mol. The highest BCUT2D eigenvalue weighted by Gasteiger charge is 2.62. The van der Waals surface area contributed by atoms with Crippen molar-refractivity contribution in [3.63, 3.8) is 0 Å². The number of hydrogen-bond acceptors (Lipinski definition) is 6. The molecule has 12 aromatic rings. The zero-order chi connectivity index (χ0) is 43.5. The molecular weight excluding hydrogens is 871 g/mol. The Morgan fingerprint density at radius 2 is 0.866 bits per heavy atom. The molecular formula is C61H41N3S3. The van der Waals surface area contributed by atoms with E-state index in [1.54, 1.807) is 0 Å². The SMILES string of the molecule is c1ccc2c(c1)-c1c(-c3nc(-c4ccc5sc6ccccc6c5c4)nc(-c4ccc5sc6ccccc6c5c4)n3)cc(-c3cccc4c3sc3ccccc34)cc1C21C2CC3CC(C2)CC1C3. The maximum Gasteiger partial charge on any atom is 0.164 e. The van der Waals surface area contributed by atoms with Gasteiger partial charge in [-0.1, -0.05) is 97.1 Å². The normalized spacial score (nSPS) is 21.5. The van der Waals surface area contributed by atoms with Crippen LogP contribution in [0, 0.1) is 23.7 Å². The van der Waals surface area contributed by atoms with E-state index in [0.717, 1.165) is 34.4 Å². The topological polar surface area (TPSA) is 38.7 Å². The van der Waals surface area contributed by atoms with Gasteiger partial charge in [-0.3, -0.25) is 0 Å². The van der Waals surface area contributed by atoms with E-state index in [9.17, 15) is 0 Å². The summed E-state index contributed by atoms with van der Waals surface area (Å²) in [7, 11) is 0. The molecule has 0 amide bonds. The fourth-order valence-electron chi connectivity index (χ4n) is 14.1. The van der Waals surface area contributed by atoms with Crippen LogP contribution in [0.15, 0.2) is 164 Å². The van der Waals surface area contributed by atoms with E-state index in [1.165, 1.54) is 126 Å². The monoisotopic (exact) mass is 911 g/mol. The molecule has 0 atom stereocenters. The Morgan fingerprint density at radius 3 is 1.51 bits per heavy atom. The second-order valence-electron chi connectivity index (χ2n) is 19.9. The molecule has 67 heavy (non-hydrogen) atoms. The summed E-state index contributed by atoms with van der Waals surface area (Å²) < 4.78 is 7.80. The summed E-state index contributed by atoms with van der Waals surface area (Å²) in [6.07, 6.45) is 6.72. The minimum Gasteiger partial charge on any atom is -0.208 e. The van der Waals surface area contributed by atoms with Gasteiger partial charge in [0.2, 0.25) is 0 Å². The van der Waals surface area contributed by atoms with E-state index in [2.05, 4.69) is 164 Å². The molecule has 3 nitrogen and oxygen atoms in total. The van der Waals surface area contributed by atoms with Gasteiger partial charge in [0.05, 0.1) is 0 Å². The Kier molecular flexibility index (Phi) is 7.70. The predicted octanol–water partition coefficient (Wildman–Crippen LogP) is 17.4. The van der Waals surface area contributed by atoms with Crippen LogP contribution >= 0.6 is 34.0 Å². The molecule has 17 rings (SSSR count). The molecule has 6 heteroatoms. The molecule has 0 N–H and O–H groups in total. The fourth-order valence-corrected chi connectivity index (χ4v) is 17.5. The Balaban J connectivity index is 1.00. The first-order valence-corrected chi connectivity index (χ1v) is 26.4. The lowest BCUT2D eigenvalue weighted by Crippen LogP contribution is -2.55. The smallest absolute Gasteiger partial charge is 0.164 e. The molecule has 0 radical (unpaired) electrons. The van der Waals surface area contributed by atoms with Crippen molar-refractivity contribution in [3.8, 4) is 56.4 Å². The third-order valence-corrected chi connectivity index (χ3v) is 20.0. The van der Waals surface area contributed by atoms with Crippen molar-refractivity contribution < 1.29 is 0 Å². The second kappa shape index (κ2) is 13.8. The Morgan fingerprint density at radius 1 is 0.358 bits per heavy atom. The largest absolute Gasteiger partial charge is 0.208 e. The zero-order valence-electron chi connectivity index (χ0n) is 36.5. The molecule has 4 saturated carbocycles. The number of fused-ring (bicyclic) bond motifs is 12. The number of aromatic nitrogens is 3. The fraction of sp³-hybridized carbons (Fsp3) is 0.164. The van der Waals surface area contributed by atoms with Crippen LogP contribution in [-0.2, 0) is 5.41 Å². The second-order valence-corrected chi connectivity index (χ2v) is 23.1. The molecule has 5 aliphatic rings. The third-order valence-electron chi connectivity index (χ3n) is 16.5. The molecule has 5 aliphatic carbocycles. The van der Waals surface area contributed by atoms with E-state index >= 15 is 0 Å². The number of thiophene rings is 3. The molecule has 4 heterocycles. The van der Waals surface area contributed by atoms with Crippen LogP contribution in [0.3, 0.4) is 0 Å². The minimum atomic E-state index is -0.0348. The van der Waals surface area contributed by atoms with Gasteiger partial charge in [0.1, 0.15) is 0 Å². The van der Waals surface area contributed by atoms with Crippen molar-refractivity contribution in [2.24, 2.45) is 23.7 Å². The van der Waals surface area contributed by atoms with Gasteiger partial charge >= 0.3 is 0 Å². The van der Waals surface area contributed by atoms with Gasteiger partial charge < -0.3 is 0 Å². The van der Waals surface area contributed by atoms with Crippen LogP contribution in [0.25, 0.3) is 117 Å². The first kappa shape index (κ1) is 37.5. The van der Waals surface area contributed by atoms with Crippen molar-refractivity contribution in [1.82, 2.24) is 15.0 Å². The van der Waals surface area contributed by atoms with Gasteiger partial charge in [-0.05, 0) is 156 Å². The standard InChI is InChI=1S/C61H41N3S3/c1-5-16-49-45(13-1)56-48(31-37(40-14-9-15-44-41-10-2-8-19-53(41)67-57(40)44)32-50(56)61(49)38-25-33-24-34(27-38)28-39(61)26-33)60-63-58(35-20-22-54-46(29-35)42-11-3-6-17-51(42)65-54)62-59(64-60)36-21-23-55-47(30-36)43-12-4-7-18-52(43)66-55/h1-23,29-34,38-39H,24-28H2. The average molecular weight is 912 g/mol. The van der Waals surface area contributed by atoms with Gasteiger partial charge in [-0.25, -0.2) is 15.0 Å². The summed E-state index contributed by atoms with van der Waals surface area (Å²) >= 11 is 5.61.